The van der Waals surface area contributed by atoms with Gasteiger partial charge in [-0.25, -0.2) is 4.98 Å². The van der Waals surface area contributed by atoms with E-state index >= 15 is 0 Å². The van der Waals surface area contributed by atoms with Crippen LogP contribution in [0.1, 0.15) is 5.82 Å². The lowest BCUT2D eigenvalue weighted by molar-refractivity contribution is 0.963. The van der Waals surface area contributed by atoms with Gasteiger partial charge >= 0.3 is 0 Å². The van der Waals surface area contributed by atoms with E-state index in [0.29, 0.717) is 22.0 Å². The minimum absolute atomic E-state index is 0.108. The Morgan fingerprint density at radius 3 is 2.88 bits per heavy atom. The third kappa shape index (κ3) is 3.07. The van der Waals surface area contributed by atoms with Crippen LogP contribution in [0.4, 0.5) is 0 Å². The molecule has 2 N–H and O–H groups in total. The van der Waals surface area contributed by atoms with E-state index in [1.165, 1.54) is 11.3 Å². The second-order valence-corrected chi connectivity index (χ2v) is 7.51. The van der Waals surface area contributed by atoms with Crippen LogP contribution in [0.3, 0.4) is 0 Å². The summed E-state index contributed by atoms with van der Waals surface area (Å²) < 4.78 is 0. The van der Waals surface area contributed by atoms with Gasteiger partial charge in [-0.05, 0) is 17.7 Å². The Morgan fingerprint density at radius 1 is 1.29 bits per heavy atom. The summed E-state index contributed by atoms with van der Waals surface area (Å²) >= 11 is 8.97. The number of H-pyrrole nitrogens is 1. The lowest BCUT2D eigenvalue weighted by atomic mass is 10.1. The number of thioether (sulfide) groups is 1. The number of rotatable bonds is 3. The first-order valence-electron chi connectivity index (χ1n) is 7.38. The predicted molar refractivity (Wildman–Crippen MR) is 102 cm³/mol. The Morgan fingerprint density at radius 2 is 2.12 bits per heavy atom. The minimum Gasteiger partial charge on any atom is -0.363 e. The van der Waals surface area contributed by atoms with E-state index in [4.69, 9.17) is 11.6 Å². The van der Waals surface area contributed by atoms with Crippen LogP contribution in [-0.4, -0.2) is 28.2 Å². The first kappa shape index (κ1) is 15.7. The molecule has 0 radical (unpaired) electrons. The quantitative estimate of drug-likeness (QED) is 0.734. The number of halogens is 1. The van der Waals surface area contributed by atoms with Gasteiger partial charge in [-0.3, -0.25) is 9.79 Å². The molecule has 1 aliphatic rings. The molecule has 1 aromatic carbocycles. The van der Waals surface area contributed by atoms with Crippen LogP contribution in [0, 0.1) is 0 Å². The van der Waals surface area contributed by atoms with Gasteiger partial charge in [0, 0.05) is 22.5 Å². The van der Waals surface area contributed by atoms with E-state index in [-0.39, 0.29) is 5.56 Å². The van der Waals surface area contributed by atoms with E-state index in [1.807, 2.05) is 29.6 Å². The predicted octanol–water partition coefficient (Wildman–Crippen LogP) is 3.50. The van der Waals surface area contributed by atoms with E-state index in [9.17, 15) is 4.79 Å². The Labute approximate surface area is 151 Å². The smallest absolute Gasteiger partial charge is 0.260 e. The summed E-state index contributed by atoms with van der Waals surface area (Å²) in [7, 11) is 0. The molecule has 122 valence electrons. The Kier molecular flexibility index (Phi) is 4.30. The molecule has 2 aromatic heterocycles. The molecule has 8 heteroatoms. The summed E-state index contributed by atoms with van der Waals surface area (Å²) in [5, 5.41) is 7.38. The molecule has 0 unspecified atom stereocenters. The maximum atomic E-state index is 12.5. The molecule has 1 aliphatic heterocycles. The van der Waals surface area contributed by atoms with Gasteiger partial charge in [-0.15, -0.1) is 11.3 Å². The zero-order valence-corrected chi connectivity index (χ0v) is 14.9. The monoisotopic (exact) mass is 376 g/mol. The number of aliphatic imine (C=N–C) groups is 1. The fourth-order valence-corrected chi connectivity index (χ4v) is 4.40. The number of hydrogen-bond acceptors (Lipinski definition) is 6. The first-order valence-corrected chi connectivity index (χ1v) is 9.62. The number of benzene rings is 1. The van der Waals surface area contributed by atoms with Crippen LogP contribution in [0.5, 0.6) is 0 Å². The van der Waals surface area contributed by atoms with Crippen LogP contribution in [0.2, 0.25) is 5.02 Å². The van der Waals surface area contributed by atoms with Crippen LogP contribution in [0.15, 0.2) is 39.4 Å². The summed E-state index contributed by atoms with van der Waals surface area (Å²) in [5.74, 6) is 1.25. The highest BCUT2D eigenvalue weighted by Crippen LogP contribution is 2.31. The average molecular weight is 377 g/mol. The summed E-state index contributed by atoms with van der Waals surface area (Å²) in [5.41, 5.74) is 1.74. The molecule has 3 aromatic rings. The highest BCUT2D eigenvalue weighted by molar-refractivity contribution is 8.13. The van der Waals surface area contributed by atoms with Crippen molar-refractivity contribution in [1.29, 1.82) is 0 Å². The molecule has 0 saturated heterocycles. The van der Waals surface area contributed by atoms with E-state index < -0.39 is 0 Å². The molecule has 0 fully saturated rings. The van der Waals surface area contributed by atoms with Gasteiger partial charge in [0.05, 0.1) is 17.7 Å². The van der Waals surface area contributed by atoms with Crippen molar-refractivity contribution in [2.75, 3.05) is 13.1 Å². The fourth-order valence-electron chi connectivity index (χ4n) is 2.51. The number of aromatic nitrogens is 2. The average Bonchev–Trinajstić information content (AvgIpc) is 3.23. The largest absolute Gasteiger partial charge is 0.363 e. The lowest BCUT2D eigenvalue weighted by Gasteiger charge is -2.03. The Hall–Kier alpha value is -1.83. The molecular formula is C16H13ClN4OS2. The molecule has 4 rings (SSSR count). The van der Waals surface area contributed by atoms with Crippen molar-refractivity contribution in [3.05, 3.63) is 50.8 Å². The SMILES string of the molecule is O=c1[nH]c(CSC2=NCCN2)nc2scc(-c3ccc(Cl)cc3)c12. The number of thiophene rings is 1. The summed E-state index contributed by atoms with van der Waals surface area (Å²) in [6, 6.07) is 7.47. The van der Waals surface area contributed by atoms with Gasteiger partial charge < -0.3 is 10.3 Å². The molecule has 5 nitrogen and oxygen atoms in total. The molecule has 0 aliphatic carbocycles. The maximum Gasteiger partial charge on any atom is 0.260 e. The number of hydrogen-bond donors (Lipinski definition) is 2. The number of fused-ring (bicyclic) bond motifs is 1. The van der Waals surface area contributed by atoms with Gasteiger partial charge in [0.15, 0.2) is 5.17 Å². The van der Waals surface area contributed by atoms with Crippen molar-refractivity contribution in [3.8, 4) is 11.1 Å². The topological polar surface area (TPSA) is 70.1 Å². The van der Waals surface area contributed by atoms with Gasteiger partial charge in [-0.1, -0.05) is 35.5 Å². The number of nitrogens with zero attached hydrogens (tertiary/aromatic N) is 2. The molecule has 0 amide bonds. The first-order chi connectivity index (χ1) is 11.7. The minimum atomic E-state index is -0.108. The second-order valence-electron chi connectivity index (χ2n) is 5.25. The molecular weight excluding hydrogens is 364 g/mol. The molecule has 0 atom stereocenters. The summed E-state index contributed by atoms with van der Waals surface area (Å²) in [4.78, 5) is 25.1. The highest BCUT2D eigenvalue weighted by Gasteiger charge is 2.14. The molecule has 0 bridgehead atoms. The third-order valence-corrected chi connectivity index (χ3v) is 5.73. The molecule has 0 saturated carbocycles. The van der Waals surface area contributed by atoms with Gasteiger partial charge in [0.1, 0.15) is 10.7 Å². The number of aromatic amines is 1. The van der Waals surface area contributed by atoms with Crippen molar-refractivity contribution in [3.63, 3.8) is 0 Å². The van der Waals surface area contributed by atoms with Gasteiger partial charge in [0.25, 0.3) is 5.56 Å². The normalized spacial score (nSPS) is 14.0. The zero-order chi connectivity index (χ0) is 16.5. The summed E-state index contributed by atoms with van der Waals surface area (Å²) in [6.07, 6.45) is 0. The van der Waals surface area contributed by atoms with Crippen LogP contribution < -0.4 is 10.9 Å². The fraction of sp³-hybridized carbons (Fsp3) is 0.188. The van der Waals surface area contributed by atoms with E-state index in [0.717, 1.165) is 34.2 Å². The zero-order valence-electron chi connectivity index (χ0n) is 12.5. The molecule has 24 heavy (non-hydrogen) atoms. The van der Waals surface area contributed by atoms with Crippen molar-refractivity contribution in [2.24, 2.45) is 4.99 Å². The van der Waals surface area contributed by atoms with Crippen molar-refractivity contribution in [2.45, 2.75) is 5.75 Å². The van der Waals surface area contributed by atoms with Crippen molar-refractivity contribution in [1.82, 2.24) is 15.3 Å². The molecule has 0 spiro atoms. The van der Waals surface area contributed by atoms with Crippen LogP contribution in [0.25, 0.3) is 21.3 Å². The van der Waals surface area contributed by atoms with Crippen LogP contribution in [-0.2, 0) is 5.75 Å². The second kappa shape index (κ2) is 6.58. The van der Waals surface area contributed by atoms with Crippen molar-refractivity contribution >= 4 is 50.1 Å². The van der Waals surface area contributed by atoms with Gasteiger partial charge in [0.2, 0.25) is 0 Å². The number of amidine groups is 1. The summed E-state index contributed by atoms with van der Waals surface area (Å²) in [6.45, 7) is 1.68. The standard InChI is InChI=1S/C16H13ClN4OS2/c17-10-3-1-9(2-4-10)11-7-23-15-13(11)14(22)20-12(21-15)8-24-16-18-5-6-19-16/h1-4,7H,5-6,8H2,(H,18,19)(H,20,21,22). The van der Waals surface area contributed by atoms with E-state index in [1.54, 1.807) is 11.8 Å². The maximum absolute atomic E-state index is 12.5. The number of nitrogens with one attached hydrogen (secondary N) is 2. The Bertz CT molecular complexity index is 978. The highest BCUT2D eigenvalue weighted by atomic mass is 35.5. The van der Waals surface area contributed by atoms with Crippen molar-refractivity contribution < 1.29 is 0 Å². The lowest BCUT2D eigenvalue weighted by Crippen LogP contribution is -2.16. The Balaban J connectivity index is 1.67. The third-order valence-electron chi connectivity index (χ3n) is 3.64. The van der Waals surface area contributed by atoms with E-state index in [2.05, 4.69) is 20.3 Å². The van der Waals surface area contributed by atoms with Gasteiger partial charge in [-0.2, -0.15) is 0 Å². The van der Waals surface area contributed by atoms with Crippen LogP contribution >= 0.6 is 34.7 Å². The molecule has 3 heterocycles.